The number of rotatable bonds is 4. The van der Waals surface area contributed by atoms with Crippen molar-refractivity contribution >= 4 is 11.8 Å². The van der Waals surface area contributed by atoms with Gasteiger partial charge in [0.05, 0.1) is 17.3 Å². The highest BCUT2D eigenvalue weighted by atomic mass is 19.1. The van der Waals surface area contributed by atoms with E-state index in [-0.39, 0.29) is 17.5 Å². The first-order valence-corrected chi connectivity index (χ1v) is 8.41. The third-order valence-electron chi connectivity index (χ3n) is 4.41. The molecule has 1 saturated heterocycles. The van der Waals surface area contributed by atoms with Gasteiger partial charge in [-0.2, -0.15) is 0 Å². The lowest BCUT2D eigenvalue weighted by Crippen LogP contribution is -2.31. The molecule has 0 spiro atoms. The predicted molar refractivity (Wildman–Crippen MR) is 91.1 cm³/mol. The first-order valence-electron chi connectivity index (χ1n) is 8.41. The van der Waals surface area contributed by atoms with Crippen molar-refractivity contribution in [2.75, 3.05) is 6.54 Å². The van der Waals surface area contributed by atoms with Crippen LogP contribution in [0.4, 0.5) is 8.78 Å². The van der Waals surface area contributed by atoms with Crippen LogP contribution in [0.1, 0.15) is 47.4 Å². The van der Waals surface area contributed by atoms with Crippen LogP contribution in [0, 0.1) is 11.6 Å². The molecule has 1 aliphatic heterocycles. The van der Waals surface area contributed by atoms with Crippen molar-refractivity contribution in [2.24, 2.45) is 0 Å². The summed E-state index contributed by atoms with van der Waals surface area (Å²) in [5.41, 5.74) is 1.43. The summed E-state index contributed by atoms with van der Waals surface area (Å²) < 4.78 is 27.0. The molecule has 0 saturated carbocycles. The molecule has 0 aliphatic carbocycles. The van der Waals surface area contributed by atoms with Crippen molar-refractivity contribution in [3.63, 3.8) is 0 Å². The number of hydrogen-bond acceptors (Lipinski definition) is 3. The summed E-state index contributed by atoms with van der Waals surface area (Å²) in [5.74, 6) is -2.16. The lowest BCUT2D eigenvalue weighted by molar-refractivity contribution is -0.119. The van der Waals surface area contributed by atoms with E-state index in [4.69, 9.17) is 0 Å². The number of hydrogen-bond donors (Lipinski definition) is 1. The van der Waals surface area contributed by atoms with Crippen LogP contribution in [0.2, 0.25) is 0 Å². The Kier molecular flexibility index (Phi) is 5.25. The Hall–Kier alpha value is -2.83. The second-order valence-corrected chi connectivity index (χ2v) is 6.28. The van der Waals surface area contributed by atoms with E-state index in [9.17, 15) is 18.4 Å². The summed E-state index contributed by atoms with van der Waals surface area (Å²) >= 11 is 0. The fraction of sp³-hybridized carbons (Fsp3) is 0.316. The SMILES string of the molecule is CC(=O)NCc1ccc(C2CCCN2C(=O)c2ccc(F)cc2F)nc1. The van der Waals surface area contributed by atoms with E-state index in [0.717, 1.165) is 24.5 Å². The number of nitrogens with zero attached hydrogens (tertiary/aromatic N) is 2. The summed E-state index contributed by atoms with van der Waals surface area (Å²) in [6, 6.07) is 6.38. The van der Waals surface area contributed by atoms with Crippen LogP contribution in [0.3, 0.4) is 0 Å². The third-order valence-corrected chi connectivity index (χ3v) is 4.41. The van der Waals surface area contributed by atoms with Gasteiger partial charge >= 0.3 is 0 Å². The summed E-state index contributed by atoms with van der Waals surface area (Å²) in [5, 5.41) is 2.69. The van der Waals surface area contributed by atoms with Crippen LogP contribution in [0.5, 0.6) is 0 Å². The van der Waals surface area contributed by atoms with Crippen molar-refractivity contribution < 1.29 is 18.4 Å². The van der Waals surface area contributed by atoms with Crippen LogP contribution >= 0.6 is 0 Å². The standard InChI is InChI=1S/C19H19F2N3O2/c1-12(25)22-10-13-4-7-17(23-11-13)18-3-2-8-24(18)19(26)15-6-5-14(20)9-16(15)21/h4-7,9,11,18H,2-3,8,10H2,1H3,(H,22,25). The molecule has 0 bridgehead atoms. The minimum absolute atomic E-state index is 0.122. The van der Waals surface area contributed by atoms with Crippen molar-refractivity contribution in [2.45, 2.75) is 32.4 Å². The molecular formula is C19H19F2N3O2. The van der Waals surface area contributed by atoms with Gasteiger partial charge in [0.25, 0.3) is 5.91 Å². The Morgan fingerprint density at radius 2 is 2.08 bits per heavy atom. The monoisotopic (exact) mass is 359 g/mol. The van der Waals surface area contributed by atoms with Gasteiger partial charge < -0.3 is 10.2 Å². The normalized spacial score (nSPS) is 16.6. The molecule has 26 heavy (non-hydrogen) atoms. The first kappa shape index (κ1) is 18.0. The number of benzene rings is 1. The number of carbonyl (C=O) groups excluding carboxylic acids is 2. The van der Waals surface area contributed by atoms with E-state index >= 15 is 0 Å². The molecule has 1 unspecified atom stereocenters. The Morgan fingerprint density at radius 3 is 2.73 bits per heavy atom. The zero-order valence-corrected chi connectivity index (χ0v) is 14.3. The molecule has 1 aromatic heterocycles. The third kappa shape index (κ3) is 3.87. The van der Waals surface area contributed by atoms with Crippen molar-refractivity contribution in [1.82, 2.24) is 15.2 Å². The van der Waals surface area contributed by atoms with Gasteiger partial charge in [-0.1, -0.05) is 6.07 Å². The number of carbonyl (C=O) groups is 2. The molecule has 1 aliphatic rings. The van der Waals surface area contributed by atoms with E-state index in [1.807, 2.05) is 12.1 Å². The molecule has 136 valence electrons. The van der Waals surface area contributed by atoms with E-state index in [0.29, 0.717) is 24.8 Å². The zero-order chi connectivity index (χ0) is 18.7. The highest BCUT2D eigenvalue weighted by Crippen LogP contribution is 2.32. The summed E-state index contributed by atoms with van der Waals surface area (Å²) in [6.45, 7) is 2.32. The van der Waals surface area contributed by atoms with Crippen LogP contribution in [0.15, 0.2) is 36.5 Å². The minimum atomic E-state index is -0.862. The number of nitrogens with one attached hydrogen (secondary N) is 1. The van der Waals surface area contributed by atoms with E-state index in [2.05, 4.69) is 10.3 Å². The number of likely N-dealkylation sites (tertiary alicyclic amines) is 1. The quantitative estimate of drug-likeness (QED) is 0.913. The zero-order valence-electron chi connectivity index (χ0n) is 14.3. The first-order chi connectivity index (χ1) is 12.5. The predicted octanol–water partition coefficient (Wildman–Crippen LogP) is 2.97. The average molecular weight is 359 g/mol. The Labute approximate surface area is 150 Å². The van der Waals surface area contributed by atoms with E-state index in [1.165, 1.54) is 13.0 Å². The number of aromatic nitrogens is 1. The van der Waals surface area contributed by atoms with Gasteiger partial charge in [-0.05, 0) is 36.6 Å². The maximum absolute atomic E-state index is 13.9. The van der Waals surface area contributed by atoms with Gasteiger partial charge in [0.15, 0.2) is 0 Å². The molecule has 5 nitrogen and oxygen atoms in total. The molecular weight excluding hydrogens is 340 g/mol. The maximum atomic E-state index is 13.9. The fourth-order valence-electron chi connectivity index (χ4n) is 3.10. The second kappa shape index (κ2) is 7.59. The van der Waals surface area contributed by atoms with Crippen molar-refractivity contribution in [1.29, 1.82) is 0 Å². The van der Waals surface area contributed by atoms with Crippen LogP contribution in [-0.4, -0.2) is 28.2 Å². The van der Waals surface area contributed by atoms with Gasteiger partial charge in [0.1, 0.15) is 11.6 Å². The van der Waals surface area contributed by atoms with Gasteiger partial charge in [-0.25, -0.2) is 8.78 Å². The topological polar surface area (TPSA) is 62.3 Å². The summed E-state index contributed by atoms with van der Waals surface area (Å²) in [7, 11) is 0. The fourth-order valence-corrected chi connectivity index (χ4v) is 3.10. The van der Waals surface area contributed by atoms with Crippen LogP contribution in [0.25, 0.3) is 0 Å². The maximum Gasteiger partial charge on any atom is 0.257 e. The molecule has 2 amide bonds. The highest BCUT2D eigenvalue weighted by molar-refractivity contribution is 5.95. The smallest absolute Gasteiger partial charge is 0.257 e. The van der Waals surface area contributed by atoms with Gasteiger partial charge in [0, 0.05) is 32.3 Å². The van der Waals surface area contributed by atoms with Gasteiger partial charge in [-0.3, -0.25) is 14.6 Å². The molecule has 3 rings (SSSR count). The highest BCUT2D eigenvalue weighted by Gasteiger charge is 2.32. The molecule has 1 aromatic carbocycles. The second-order valence-electron chi connectivity index (χ2n) is 6.28. The number of halogens is 2. The molecule has 2 aromatic rings. The largest absolute Gasteiger partial charge is 0.352 e. The Morgan fingerprint density at radius 1 is 1.27 bits per heavy atom. The van der Waals surface area contributed by atoms with Crippen molar-refractivity contribution in [3.05, 3.63) is 65.0 Å². The number of pyridine rings is 1. The molecule has 1 fully saturated rings. The minimum Gasteiger partial charge on any atom is -0.352 e. The Bertz CT molecular complexity index is 824. The van der Waals surface area contributed by atoms with E-state index in [1.54, 1.807) is 11.1 Å². The molecule has 1 atom stereocenters. The van der Waals surface area contributed by atoms with E-state index < -0.39 is 17.5 Å². The van der Waals surface area contributed by atoms with Crippen LogP contribution in [-0.2, 0) is 11.3 Å². The molecule has 2 heterocycles. The summed E-state index contributed by atoms with van der Waals surface area (Å²) in [6.07, 6.45) is 3.17. The summed E-state index contributed by atoms with van der Waals surface area (Å²) in [4.78, 5) is 29.6. The molecule has 7 heteroatoms. The van der Waals surface area contributed by atoms with Crippen LogP contribution < -0.4 is 5.32 Å². The lowest BCUT2D eigenvalue weighted by atomic mass is 10.1. The lowest BCUT2D eigenvalue weighted by Gasteiger charge is -2.24. The molecule has 0 radical (unpaired) electrons. The van der Waals surface area contributed by atoms with Gasteiger partial charge in [-0.15, -0.1) is 0 Å². The van der Waals surface area contributed by atoms with Gasteiger partial charge in [0.2, 0.25) is 5.91 Å². The van der Waals surface area contributed by atoms with Crippen molar-refractivity contribution in [3.8, 4) is 0 Å². The molecule has 1 N–H and O–H groups in total. The average Bonchev–Trinajstić information content (AvgIpc) is 3.09. The Balaban J connectivity index is 1.77. The number of amides is 2.